The number of benzene rings is 2. The van der Waals surface area contributed by atoms with Crippen molar-refractivity contribution in [1.29, 1.82) is 0 Å². The van der Waals surface area contributed by atoms with Gasteiger partial charge in [0.05, 0.1) is 13.0 Å². The van der Waals surface area contributed by atoms with Crippen LogP contribution in [0.4, 0.5) is 0 Å². The molecule has 23 heavy (non-hydrogen) atoms. The summed E-state index contributed by atoms with van der Waals surface area (Å²) in [6.45, 7) is 4.36. The maximum atomic E-state index is 12.5. The lowest BCUT2D eigenvalue weighted by Crippen LogP contribution is -2.41. The van der Waals surface area contributed by atoms with E-state index in [1.54, 1.807) is 12.0 Å². The van der Waals surface area contributed by atoms with Crippen LogP contribution in [0.3, 0.4) is 0 Å². The number of methoxy groups -OCH3 is 1. The fourth-order valence-electron chi connectivity index (χ4n) is 2.46. The van der Waals surface area contributed by atoms with Crippen LogP contribution in [0.1, 0.15) is 25.3 Å². The monoisotopic (exact) mass is 336 g/mol. The number of likely N-dealkylation sites (N-methyl/N-ethyl adjacent to an activating group) is 1. The van der Waals surface area contributed by atoms with Gasteiger partial charge >= 0.3 is 0 Å². The minimum absolute atomic E-state index is 0. The van der Waals surface area contributed by atoms with Gasteiger partial charge in [-0.15, -0.1) is 12.4 Å². The Hall–Kier alpha value is -1.78. The first-order valence-corrected chi connectivity index (χ1v) is 7.52. The van der Waals surface area contributed by atoms with E-state index in [2.05, 4.69) is 6.07 Å². The molecule has 0 radical (unpaired) electrons. The molecule has 0 fully saturated rings. The quantitative estimate of drug-likeness (QED) is 0.912. The molecular weight excluding hydrogens is 312 g/mol. The van der Waals surface area contributed by atoms with Gasteiger partial charge < -0.3 is 15.4 Å². The van der Waals surface area contributed by atoms with E-state index in [4.69, 9.17) is 10.5 Å². The van der Waals surface area contributed by atoms with Gasteiger partial charge in [-0.05, 0) is 42.3 Å². The van der Waals surface area contributed by atoms with Crippen LogP contribution in [0.5, 0.6) is 5.75 Å². The number of rotatable bonds is 5. The fourth-order valence-corrected chi connectivity index (χ4v) is 2.46. The Kier molecular flexibility index (Phi) is 6.85. The first kappa shape index (κ1) is 19.3. The second-order valence-corrected chi connectivity index (χ2v) is 5.73. The number of nitrogens with zero attached hydrogens (tertiary/aromatic N) is 1. The van der Waals surface area contributed by atoms with Gasteiger partial charge in [0.15, 0.2) is 0 Å². The number of carbonyl (C=O) groups excluding carboxylic acids is 1. The highest BCUT2D eigenvalue weighted by molar-refractivity contribution is 5.88. The van der Waals surface area contributed by atoms with Crippen molar-refractivity contribution in [3.63, 3.8) is 0 Å². The molecule has 0 bridgehead atoms. The van der Waals surface area contributed by atoms with Crippen LogP contribution >= 0.6 is 12.4 Å². The third-order valence-corrected chi connectivity index (χ3v) is 4.29. The molecule has 5 heteroatoms. The molecule has 0 spiro atoms. The van der Waals surface area contributed by atoms with E-state index in [1.165, 1.54) is 0 Å². The molecule has 0 aliphatic carbocycles. The fraction of sp³-hybridized carbons (Fsp3) is 0.389. The van der Waals surface area contributed by atoms with E-state index in [0.717, 1.165) is 22.1 Å². The van der Waals surface area contributed by atoms with Crippen molar-refractivity contribution in [1.82, 2.24) is 4.90 Å². The van der Waals surface area contributed by atoms with Crippen molar-refractivity contribution in [3.05, 3.63) is 42.0 Å². The van der Waals surface area contributed by atoms with Gasteiger partial charge in [0.2, 0.25) is 5.91 Å². The van der Waals surface area contributed by atoms with Crippen LogP contribution < -0.4 is 10.5 Å². The number of hydrogen-bond donors (Lipinski definition) is 1. The zero-order valence-corrected chi connectivity index (χ0v) is 14.9. The Morgan fingerprint density at radius 2 is 1.78 bits per heavy atom. The van der Waals surface area contributed by atoms with E-state index in [9.17, 15) is 4.79 Å². The number of nitrogens with two attached hydrogens (primary N) is 1. The molecule has 0 aliphatic heterocycles. The third-order valence-electron chi connectivity index (χ3n) is 4.29. The van der Waals surface area contributed by atoms with Gasteiger partial charge in [0, 0.05) is 19.6 Å². The average molecular weight is 337 g/mol. The van der Waals surface area contributed by atoms with E-state index in [-0.39, 0.29) is 30.3 Å². The van der Waals surface area contributed by atoms with Crippen LogP contribution in [0.2, 0.25) is 0 Å². The van der Waals surface area contributed by atoms with Crippen LogP contribution in [-0.4, -0.2) is 37.6 Å². The Bertz CT molecular complexity index is 675. The maximum absolute atomic E-state index is 12.5. The Balaban J connectivity index is 0.00000264. The summed E-state index contributed by atoms with van der Waals surface area (Å²) in [4.78, 5) is 14.3. The van der Waals surface area contributed by atoms with Crippen LogP contribution in [0.25, 0.3) is 10.8 Å². The molecule has 0 heterocycles. The second-order valence-electron chi connectivity index (χ2n) is 5.73. The van der Waals surface area contributed by atoms with Crippen molar-refractivity contribution in [3.8, 4) is 5.75 Å². The van der Waals surface area contributed by atoms with Gasteiger partial charge in [-0.25, -0.2) is 0 Å². The smallest absolute Gasteiger partial charge is 0.229 e. The summed E-state index contributed by atoms with van der Waals surface area (Å²) in [5, 5.41) is 2.21. The topological polar surface area (TPSA) is 55.6 Å². The van der Waals surface area contributed by atoms with Crippen molar-refractivity contribution >= 4 is 29.1 Å². The lowest BCUT2D eigenvalue weighted by atomic mass is 9.96. The number of ether oxygens (including phenoxy) is 1. The van der Waals surface area contributed by atoms with E-state index < -0.39 is 0 Å². The number of fused-ring (bicyclic) bond motifs is 1. The van der Waals surface area contributed by atoms with Gasteiger partial charge in [-0.3, -0.25) is 4.79 Å². The predicted molar refractivity (Wildman–Crippen MR) is 97.4 cm³/mol. The minimum atomic E-state index is -0.189. The molecule has 0 saturated carbocycles. The molecule has 2 atom stereocenters. The Labute approximate surface area is 144 Å². The molecule has 2 rings (SSSR count). The van der Waals surface area contributed by atoms with Crippen LogP contribution in [0.15, 0.2) is 36.4 Å². The van der Waals surface area contributed by atoms with Crippen molar-refractivity contribution < 1.29 is 9.53 Å². The number of amides is 1. The van der Waals surface area contributed by atoms with Gasteiger partial charge in [0.1, 0.15) is 5.75 Å². The van der Waals surface area contributed by atoms with Gasteiger partial charge in [0.25, 0.3) is 0 Å². The van der Waals surface area contributed by atoms with Crippen LogP contribution in [-0.2, 0) is 4.79 Å². The molecule has 126 valence electrons. The first-order chi connectivity index (χ1) is 10.5. The summed E-state index contributed by atoms with van der Waals surface area (Å²) in [6, 6.07) is 12.1. The molecule has 2 aromatic carbocycles. The lowest BCUT2D eigenvalue weighted by Gasteiger charge is -2.27. The summed E-state index contributed by atoms with van der Waals surface area (Å²) in [5.74, 6) is 0.734. The molecule has 1 amide bonds. The molecule has 4 nitrogen and oxygen atoms in total. The number of hydrogen-bond acceptors (Lipinski definition) is 3. The summed E-state index contributed by atoms with van der Waals surface area (Å²) in [7, 11) is 3.47. The molecule has 2 unspecified atom stereocenters. The highest BCUT2D eigenvalue weighted by atomic mass is 35.5. The summed E-state index contributed by atoms with van der Waals surface area (Å²) >= 11 is 0. The third kappa shape index (κ3) is 4.15. The first-order valence-electron chi connectivity index (χ1n) is 7.52. The Morgan fingerprint density at radius 1 is 1.17 bits per heavy atom. The zero-order chi connectivity index (χ0) is 16.3. The van der Waals surface area contributed by atoms with Crippen molar-refractivity contribution in [2.45, 2.75) is 25.8 Å². The van der Waals surface area contributed by atoms with Crippen molar-refractivity contribution in [2.75, 3.05) is 20.7 Å². The zero-order valence-electron chi connectivity index (χ0n) is 14.1. The lowest BCUT2D eigenvalue weighted by molar-refractivity contribution is -0.132. The molecule has 2 aromatic rings. The van der Waals surface area contributed by atoms with Crippen molar-refractivity contribution in [2.24, 2.45) is 5.73 Å². The Morgan fingerprint density at radius 3 is 2.39 bits per heavy atom. The number of halogens is 1. The van der Waals surface area contributed by atoms with Crippen LogP contribution in [0, 0.1) is 0 Å². The second kappa shape index (κ2) is 8.18. The van der Waals surface area contributed by atoms with E-state index >= 15 is 0 Å². The SMILES string of the molecule is COc1ccc2cc(C(C)C(=O)N(C)C(C)CN)ccc2c1.Cl. The summed E-state index contributed by atoms with van der Waals surface area (Å²) < 4.78 is 5.24. The maximum Gasteiger partial charge on any atom is 0.229 e. The summed E-state index contributed by atoms with van der Waals surface area (Å²) in [6.07, 6.45) is 0. The average Bonchev–Trinajstić information content (AvgIpc) is 2.57. The van der Waals surface area contributed by atoms with E-state index in [0.29, 0.717) is 6.54 Å². The predicted octanol–water partition coefficient (Wildman–Crippen LogP) is 3.18. The standard InChI is InChI=1S/C18H24N2O2.ClH/c1-12(11-19)20(3)18(21)13(2)14-5-6-16-10-17(22-4)8-7-15(16)9-14;/h5-10,12-13H,11,19H2,1-4H3;1H. The number of carbonyl (C=O) groups is 1. The van der Waals surface area contributed by atoms with Gasteiger partial charge in [-0.2, -0.15) is 0 Å². The highest BCUT2D eigenvalue weighted by Gasteiger charge is 2.22. The summed E-state index contributed by atoms with van der Waals surface area (Å²) in [5.41, 5.74) is 6.66. The molecule has 0 aromatic heterocycles. The largest absolute Gasteiger partial charge is 0.497 e. The van der Waals surface area contributed by atoms with E-state index in [1.807, 2.05) is 51.2 Å². The molecule has 2 N–H and O–H groups in total. The van der Waals surface area contributed by atoms with Gasteiger partial charge in [-0.1, -0.05) is 24.3 Å². The molecule has 0 saturated heterocycles. The highest BCUT2D eigenvalue weighted by Crippen LogP contribution is 2.26. The minimum Gasteiger partial charge on any atom is -0.497 e. The molecule has 0 aliphatic rings. The normalized spacial score (nSPS) is 13.1. The molecular formula is C18H25ClN2O2.